The van der Waals surface area contributed by atoms with E-state index in [1.807, 2.05) is 7.11 Å². The van der Waals surface area contributed by atoms with Gasteiger partial charge in [-0.15, -0.1) is 0 Å². The molecule has 2 fully saturated rings. The molecule has 4 atom stereocenters. The Morgan fingerprint density at radius 1 is 1.41 bits per heavy atom. The lowest BCUT2D eigenvalue weighted by Crippen LogP contribution is -2.62. The largest absolute Gasteiger partial charge is 0.381 e. The van der Waals surface area contributed by atoms with Crippen LogP contribution in [-0.2, 0) is 4.74 Å². The smallest absolute Gasteiger partial charge is 0.0652 e. The Labute approximate surface area is 106 Å². The zero-order valence-electron chi connectivity index (χ0n) is 11.8. The summed E-state index contributed by atoms with van der Waals surface area (Å²) in [5.74, 6) is 0.803. The van der Waals surface area contributed by atoms with Gasteiger partial charge in [0, 0.05) is 31.2 Å². The molecular weight excluding hydrogens is 212 g/mol. The van der Waals surface area contributed by atoms with Crippen molar-refractivity contribution < 1.29 is 4.74 Å². The molecule has 1 saturated heterocycles. The van der Waals surface area contributed by atoms with Gasteiger partial charge in [0.25, 0.3) is 0 Å². The summed E-state index contributed by atoms with van der Waals surface area (Å²) in [5, 5.41) is 7.36. The molecule has 1 aliphatic heterocycles. The fourth-order valence-electron chi connectivity index (χ4n) is 3.29. The molecule has 0 amide bonds. The molecule has 0 aromatic carbocycles. The molecule has 3 nitrogen and oxygen atoms in total. The number of piperidine rings is 1. The normalized spacial score (nSPS) is 40.9. The zero-order valence-corrected chi connectivity index (χ0v) is 11.8. The SMILES string of the molecule is COC1CC(NCC2NCCCC2C)C1(C)C. The predicted molar refractivity (Wildman–Crippen MR) is 71.2 cm³/mol. The summed E-state index contributed by atoms with van der Waals surface area (Å²) >= 11 is 0. The summed E-state index contributed by atoms with van der Waals surface area (Å²) in [5.41, 5.74) is 0.284. The standard InChI is InChI=1S/C14H28N2O/c1-10-6-5-7-15-11(10)9-16-12-8-13(17-4)14(12,2)3/h10-13,15-16H,5-9H2,1-4H3. The van der Waals surface area contributed by atoms with E-state index in [0.717, 1.165) is 18.9 Å². The third-order valence-electron chi connectivity index (χ3n) is 4.98. The van der Waals surface area contributed by atoms with Crippen LogP contribution in [0.5, 0.6) is 0 Å². The molecule has 2 rings (SSSR count). The van der Waals surface area contributed by atoms with Gasteiger partial charge < -0.3 is 15.4 Å². The van der Waals surface area contributed by atoms with Crippen molar-refractivity contribution in [2.24, 2.45) is 11.3 Å². The molecule has 0 bridgehead atoms. The van der Waals surface area contributed by atoms with E-state index in [1.54, 1.807) is 0 Å². The van der Waals surface area contributed by atoms with E-state index >= 15 is 0 Å². The first-order valence-corrected chi connectivity index (χ1v) is 7.05. The summed E-state index contributed by atoms with van der Waals surface area (Å²) in [4.78, 5) is 0. The van der Waals surface area contributed by atoms with Crippen LogP contribution in [0.15, 0.2) is 0 Å². The maximum Gasteiger partial charge on any atom is 0.0652 e. The summed E-state index contributed by atoms with van der Waals surface area (Å²) in [6, 6.07) is 1.27. The van der Waals surface area contributed by atoms with Crippen molar-refractivity contribution in [2.75, 3.05) is 20.2 Å². The molecule has 0 spiro atoms. The van der Waals surface area contributed by atoms with Crippen molar-refractivity contribution in [2.45, 2.75) is 58.2 Å². The Morgan fingerprint density at radius 2 is 2.18 bits per heavy atom. The number of hydrogen-bond acceptors (Lipinski definition) is 3. The number of nitrogens with one attached hydrogen (secondary N) is 2. The van der Waals surface area contributed by atoms with Crippen molar-refractivity contribution in [3.8, 4) is 0 Å². The van der Waals surface area contributed by atoms with Crippen molar-refractivity contribution >= 4 is 0 Å². The average molecular weight is 240 g/mol. The minimum atomic E-state index is 0.284. The molecule has 1 aliphatic carbocycles. The maximum absolute atomic E-state index is 5.49. The molecule has 2 aliphatic rings. The highest BCUT2D eigenvalue weighted by atomic mass is 16.5. The van der Waals surface area contributed by atoms with Crippen molar-refractivity contribution in [1.29, 1.82) is 0 Å². The van der Waals surface area contributed by atoms with Crippen LogP contribution < -0.4 is 10.6 Å². The highest BCUT2D eigenvalue weighted by Gasteiger charge is 2.48. The number of rotatable bonds is 4. The zero-order chi connectivity index (χ0) is 12.5. The summed E-state index contributed by atoms with van der Waals surface area (Å²) in [6.45, 7) is 9.26. The van der Waals surface area contributed by atoms with Gasteiger partial charge in [0.1, 0.15) is 0 Å². The molecule has 1 heterocycles. The monoisotopic (exact) mass is 240 g/mol. The van der Waals surface area contributed by atoms with Crippen LogP contribution >= 0.6 is 0 Å². The van der Waals surface area contributed by atoms with Crippen LogP contribution in [-0.4, -0.2) is 38.4 Å². The predicted octanol–water partition coefficient (Wildman–Crippen LogP) is 1.78. The molecule has 0 aromatic rings. The molecule has 17 heavy (non-hydrogen) atoms. The maximum atomic E-state index is 5.49. The number of hydrogen-bond donors (Lipinski definition) is 2. The van der Waals surface area contributed by atoms with Gasteiger partial charge in [0.05, 0.1) is 6.10 Å². The molecule has 100 valence electrons. The minimum Gasteiger partial charge on any atom is -0.381 e. The second kappa shape index (κ2) is 5.25. The Kier molecular flexibility index (Phi) is 4.11. The summed E-state index contributed by atoms with van der Waals surface area (Å²) in [6.07, 6.45) is 4.29. The second-order valence-corrected chi connectivity index (χ2v) is 6.42. The van der Waals surface area contributed by atoms with Crippen LogP contribution in [0.3, 0.4) is 0 Å². The Morgan fingerprint density at radius 3 is 2.76 bits per heavy atom. The van der Waals surface area contributed by atoms with Crippen LogP contribution in [0.25, 0.3) is 0 Å². The van der Waals surface area contributed by atoms with E-state index in [4.69, 9.17) is 4.74 Å². The lowest BCUT2D eigenvalue weighted by molar-refractivity contribution is -0.0980. The lowest BCUT2D eigenvalue weighted by atomic mass is 9.64. The van der Waals surface area contributed by atoms with Crippen LogP contribution in [0.4, 0.5) is 0 Å². The lowest BCUT2D eigenvalue weighted by Gasteiger charge is -2.52. The Bertz CT molecular complexity index is 255. The number of methoxy groups -OCH3 is 1. The highest BCUT2D eigenvalue weighted by Crippen LogP contribution is 2.42. The molecule has 2 N–H and O–H groups in total. The minimum absolute atomic E-state index is 0.284. The summed E-state index contributed by atoms with van der Waals surface area (Å²) < 4.78 is 5.49. The van der Waals surface area contributed by atoms with E-state index in [9.17, 15) is 0 Å². The second-order valence-electron chi connectivity index (χ2n) is 6.42. The van der Waals surface area contributed by atoms with Gasteiger partial charge in [-0.3, -0.25) is 0 Å². The first-order valence-electron chi connectivity index (χ1n) is 7.05. The van der Waals surface area contributed by atoms with E-state index in [0.29, 0.717) is 18.2 Å². The quantitative estimate of drug-likeness (QED) is 0.786. The topological polar surface area (TPSA) is 33.3 Å². The van der Waals surface area contributed by atoms with Crippen LogP contribution in [0.2, 0.25) is 0 Å². The van der Waals surface area contributed by atoms with Gasteiger partial charge in [-0.25, -0.2) is 0 Å². The third-order valence-corrected chi connectivity index (χ3v) is 4.98. The van der Waals surface area contributed by atoms with Gasteiger partial charge in [0.15, 0.2) is 0 Å². The van der Waals surface area contributed by atoms with Gasteiger partial charge in [0.2, 0.25) is 0 Å². The first kappa shape index (κ1) is 13.3. The molecule has 4 unspecified atom stereocenters. The van der Waals surface area contributed by atoms with Crippen molar-refractivity contribution in [3.63, 3.8) is 0 Å². The molecule has 0 aromatic heterocycles. The van der Waals surface area contributed by atoms with Crippen LogP contribution in [0, 0.1) is 11.3 Å². The van der Waals surface area contributed by atoms with E-state index in [1.165, 1.54) is 19.4 Å². The van der Waals surface area contributed by atoms with Crippen molar-refractivity contribution in [1.82, 2.24) is 10.6 Å². The Balaban J connectivity index is 1.76. The molecule has 0 radical (unpaired) electrons. The van der Waals surface area contributed by atoms with E-state index in [2.05, 4.69) is 31.4 Å². The van der Waals surface area contributed by atoms with Crippen LogP contribution in [0.1, 0.15) is 40.0 Å². The molecular formula is C14H28N2O. The molecule has 1 saturated carbocycles. The fraction of sp³-hybridized carbons (Fsp3) is 1.00. The van der Waals surface area contributed by atoms with Gasteiger partial charge in [-0.05, 0) is 31.7 Å². The highest BCUT2D eigenvalue weighted by molar-refractivity contribution is 5.03. The van der Waals surface area contributed by atoms with E-state index in [-0.39, 0.29) is 5.41 Å². The van der Waals surface area contributed by atoms with E-state index < -0.39 is 0 Å². The van der Waals surface area contributed by atoms with Gasteiger partial charge in [-0.1, -0.05) is 20.8 Å². The average Bonchev–Trinajstić information content (AvgIpc) is 2.30. The molecule has 3 heteroatoms. The fourth-order valence-corrected chi connectivity index (χ4v) is 3.29. The first-order chi connectivity index (χ1) is 8.05. The number of ether oxygens (including phenoxy) is 1. The summed E-state index contributed by atoms with van der Waals surface area (Å²) in [7, 11) is 1.83. The Hall–Kier alpha value is -0.120. The third kappa shape index (κ3) is 2.67. The van der Waals surface area contributed by atoms with Crippen molar-refractivity contribution in [3.05, 3.63) is 0 Å². The van der Waals surface area contributed by atoms with Gasteiger partial charge in [-0.2, -0.15) is 0 Å². The van der Waals surface area contributed by atoms with Gasteiger partial charge >= 0.3 is 0 Å².